The van der Waals surface area contributed by atoms with Crippen LogP contribution in [-0.2, 0) is 4.79 Å². The molecule has 4 heteroatoms. The van der Waals surface area contributed by atoms with E-state index in [4.69, 9.17) is 5.73 Å². The molecular weight excluding hydrogens is 228 g/mol. The maximum atomic E-state index is 11.2. The third kappa shape index (κ3) is 3.74. The summed E-state index contributed by atoms with van der Waals surface area (Å²) < 4.78 is 0. The number of primary amides is 1. The molecule has 3 N–H and O–H groups in total. The second-order valence-corrected chi connectivity index (χ2v) is 4.75. The van der Waals surface area contributed by atoms with Crippen LogP contribution in [0, 0.1) is 0 Å². The zero-order chi connectivity index (χ0) is 13.7. The lowest BCUT2D eigenvalue weighted by atomic mass is 10.0. The van der Waals surface area contributed by atoms with Gasteiger partial charge in [-0.25, -0.2) is 0 Å². The molecule has 1 amide bonds. The van der Waals surface area contributed by atoms with Gasteiger partial charge in [-0.3, -0.25) is 9.69 Å². The SMILES string of the molecule is CCC(c1ccc(O)cc1)N(CC(N)=O)C(C)C. The molecule has 0 aliphatic heterocycles. The summed E-state index contributed by atoms with van der Waals surface area (Å²) in [6.45, 7) is 6.42. The Morgan fingerprint density at radius 2 is 1.89 bits per heavy atom. The molecule has 18 heavy (non-hydrogen) atoms. The molecule has 0 bridgehead atoms. The van der Waals surface area contributed by atoms with Gasteiger partial charge in [0.15, 0.2) is 0 Å². The average molecular weight is 250 g/mol. The third-order valence-electron chi connectivity index (χ3n) is 3.07. The zero-order valence-corrected chi connectivity index (χ0v) is 11.3. The van der Waals surface area contributed by atoms with Gasteiger partial charge in [0, 0.05) is 12.1 Å². The summed E-state index contributed by atoms with van der Waals surface area (Å²) in [7, 11) is 0. The molecule has 0 aromatic heterocycles. The molecule has 100 valence electrons. The molecule has 0 fully saturated rings. The first kappa shape index (κ1) is 14.5. The van der Waals surface area contributed by atoms with E-state index in [0.717, 1.165) is 12.0 Å². The Hall–Kier alpha value is -1.55. The van der Waals surface area contributed by atoms with E-state index >= 15 is 0 Å². The predicted octanol–water partition coefficient (Wildman–Crippen LogP) is 2.04. The standard InChI is InChI=1S/C14H22N2O2/c1-4-13(11-5-7-12(17)8-6-11)16(10(2)3)9-14(15)18/h5-8,10,13,17H,4,9H2,1-3H3,(H2,15,18). The minimum absolute atomic E-state index is 0.137. The fourth-order valence-electron chi connectivity index (χ4n) is 2.19. The lowest BCUT2D eigenvalue weighted by Crippen LogP contribution is -2.40. The van der Waals surface area contributed by atoms with Crippen molar-refractivity contribution in [2.45, 2.75) is 39.3 Å². The van der Waals surface area contributed by atoms with Gasteiger partial charge >= 0.3 is 0 Å². The highest BCUT2D eigenvalue weighted by Crippen LogP contribution is 2.27. The van der Waals surface area contributed by atoms with Crippen molar-refractivity contribution in [1.82, 2.24) is 4.90 Å². The highest BCUT2D eigenvalue weighted by molar-refractivity contribution is 5.76. The normalized spacial score (nSPS) is 12.9. The summed E-state index contributed by atoms with van der Waals surface area (Å²) in [6, 6.07) is 7.48. The van der Waals surface area contributed by atoms with E-state index in [0.29, 0.717) is 0 Å². The number of hydrogen-bond acceptors (Lipinski definition) is 3. The Bertz CT molecular complexity index is 387. The minimum Gasteiger partial charge on any atom is -0.508 e. The van der Waals surface area contributed by atoms with Crippen molar-refractivity contribution in [2.24, 2.45) is 5.73 Å². The van der Waals surface area contributed by atoms with Crippen LogP contribution in [0.1, 0.15) is 38.8 Å². The highest BCUT2D eigenvalue weighted by atomic mass is 16.3. The quantitative estimate of drug-likeness (QED) is 0.812. The first-order chi connectivity index (χ1) is 8.45. The first-order valence-electron chi connectivity index (χ1n) is 6.28. The summed E-state index contributed by atoms with van der Waals surface area (Å²) in [5, 5.41) is 9.32. The van der Waals surface area contributed by atoms with Crippen LogP contribution in [-0.4, -0.2) is 28.5 Å². The molecule has 1 unspecified atom stereocenters. The van der Waals surface area contributed by atoms with Crippen LogP contribution in [0.4, 0.5) is 0 Å². The summed E-state index contributed by atoms with van der Waals surface area (Å²) >= 11 is 0. The van der Waals surface area contributed by atoms with Gasteiger partial charge in [-0.15, -0.1) is 0 Å². The summed E-state index contributed by atoms with van der Waals surface area (Å²) in [5.74, 6) is -0.0690. The molecule has 0 saturated heterocycles. The van der Waals surface area contributed by atoms with Gasteiger partial charge in [-0.1, -0.05) is 19.1 Å². The monoisotopic (exact) mass is 250 g/mol. The Morgan fingerprint density at radius 1 is 1.33 bits per heavy atom. The number of nitrogens with zero attached hydrogens (tertiary/aromatic N) is 1. The smallest absolute Gasteiger partial charge is 0.231 e. The van der Waals surface area contributed by atoms with E-state index in [1.54, 1.807) is 12.1 Å². The van der Waals surface area contributed by atoms with Gasteiger partial charge in [-0.2, -0.15) is 0 Å². The molecule has 1 rings (SSSR count). The van der Waals surface area contributed by atoms with Crippen LogP contribution >= 0.6 is 0 Å². The van der Waals surface area contributed by atoms with Crippen molar-refractivity contribution in [3.63, 3.8) is 0 Å². The van der Waals surface area contributed by atoms with Crippen LogP contribution in [0.5, 0.6) is 5.75 Å². The zero-order valence-electron chi connectivity index (χ0n) is 11.3. The van der Waals surface area contributed by atoms with Crippen LogP contribution in [0.2, 0.25) is 0 Å². The van der Waals surface area contributed by atoms with E-state index in [1.807, 2.05) is 26.0 Å². The van der Waals surface area contributed by atoms with Gasteiger partial charge in [-0.05, 0) is 38.0 Å². The molecular formula is C14H22N2O2. The van der Waals surface area contributed by atoms with E-state index in [9.17, 15) is 9.90 Å². The topological polar surface area (TPSA) is 66.6 Å². The average Bonchev–Trinajstić information content (AvgIpc) is 2.30. The molecule has 1 aromatic rings. The van der Waals surface area contributed by atoms with E-state index in [-0.39, 0.29) is 30.3 Å². The number of aromatic hydroxyl groups is 1. The summed E-state index contributed by atoms with van der Waals surface area (Å²) in [4.78, 5) is 13.2. The maximum absolute atomic E-state index is 11.2. The van der Waals surface area contributed by atoms with Crippen molar-refractivity contribution in [1.29, 1.82) is 0 Å². The molecule has 0 aliphatic carbocycles. The number of hydrogen-bond donors (Lipinski definition) is 2. The molecule has 0 heterocycles. The second-order valence-electron chi connectivity index (χ2n) is 4.75. The first-order valence-corrected chi connectivity index (χ1v) is 6.28. The fraction of sp³-hybridized carbons (Fsp3) is 0.500. The number of carbonyl (C=O) groups is 1. The molecule has 4 nitrogen and oxygen atoms in total. The van der Waals surface area contributed by atoms with E-state index in [1.165, 1.54) is 0 Å². The highest BCUT2D eigenvalue weighted by Gasteiger charge is 2.22. The van der Waals surface area contributed by atoms with E-state index < -0.39 is 0 Å². The molecule has 0 aliphatic rings. The second kappa shape index (κ2) is 6.40. The summed E-state index contributed by atoms with van der Waals surface area (Å²) in [6.07, 6.45) is 0.885. The Labute approximate surface area is 108 Å². The third-order valence-corrected chi connectivity index (χ3v) is 3.07. The van der Waals surface area contributed by atoms with Gasteiger partial charge < -0.3 is 10.8 Å². The van der Waals surface area contributed by atoms with Gasteiger partial charge in [0.2, 0.25) is 5.91 Å². The number of amides is 1. The number of benzene rings is 1. The fourth-order valence-corrected chi connectivity index (χ4v) is 2.19. The van der Waals surface area contributed by atoms with Crippen molar-refractivity contribution >= 4 is 5.91 Å². The largest absolute Gasteiger partial charge is 0.508 e. The van der Waals surface area contributed by atoms with Crippen LogP contribution < -0.4 is 5.73 Å². The molecule has 1 aromatic carbocycles. The lowest BCUT2D eigenvalue weighted by Gasteiger charge is -2.33. The number of phenols is 1. The summed E-state index contributed by atoms with van der Waals surface area (Å²) in [5.41, 5.74) is 6.39. The van der Waals surface area contributed by atoms with Crippen molar-refractivity contribution in [3.05, 3.63) is 29.8 Å². The minimum atomic E-state index is -0.319. The molecule has 0 saturated carbocycles. The maximum Gasteiger partial charge on any atom is 0.231 e. The molecule has 0 radical (unpaired) electrons. The molecule has 1 atom stereocenters. The van der Waals surface area contributed by atoms with Crippen molar-refractivity contribution < 1.29 is 9.90 Å². The number of carbonyl (C=O) groups excluding carboxylic acids is 1. The Kier molecular flexibility index (Phi) is 5.16. The van der Waals surface area contributed by atoms with Crippen molar-refractivity contribution in [2.75, 3.05) is 6.54 Å². The van der Waals surface area contributed by atoms with Crippen molar-refractivity contribution in [3.8, 4) is 5.75 Å². The van der Waals surface area contributed by atoms with Gasteiger partial charge in [0.1, 0.15) is 5.75 Å². The molecule has 0 spiro atoms. The van der Waals surface area contributed by atoms with Crippen LogP contribution in [0.15, 0.2) is 24.3 Å². The van der Waals surface area contributed by atoms with E-state index in [2.05, 4.69) is 11.8 Å². The Morgan fingerprint density at radius 3 is 2.28 bits per heavy atom. The number of nitrogens with two attached hydrogens (primary N) is 1. The van der Waals surface area contributed by atoms with Crippen LogP contribution in [0.25, 0.3) is 0 Å². The van der Waals surface area contributed by atoms with Gasteiger partial charge in [0.05, 0.1) is 6.54 Å². The van der Waals surface area contributed by atoms with Crippen LogP contribution in [0.3, 0.4) is 0 Å². The van der Waals surface area contributed by atoms with Gasteiger partial charge in [0.25, 0.3) is 0 Å². The number of phenolic OH excluding ortho intramolecular Hbond substituents is 1. The lowest BCUT2D eigenvalue weighted by molar-refractivity contribution is -0.120. The predicted molar refractivity (Wildman–Crippen MR) is 72.2 cm³/mol. The Balaban J connectivity index is 2.97. The number of rotatable bonds is 6.